The second-order valence-corrected chi connectivity index (χ2v) is 6.49. The largest absolute Gasteiger partial charge is 0.353 e. The van der Waals surface area contributed by atoms with Crippen LogP contribution in [0.4, 0.5) is 0 Å². The summed E-state index contributed by atoms with van der Waals surface area (Å²) in [4.78, 5) is 14.3. The molecule has 0 aliphatic carbocycles. The van der Waals surface area contributed by atoms with Crippen LogP contribution in [0.25, 0.3) is 0 Å². The Morgan fingerprint density at radius 1 is 1.29 bits per heavy atom. The topological polar surface area (TPSA) is 55.6 Å². The van der Waals surface area contributed by atoms with Crippen LogP contribution in [-0.4, -0.2) is 35.7 Å². The van der Waals surface area contributed by atoms with Gasteiger partial charge in [0, 0.05) is 12.6 Å². The lowest BCUT2D eigenvalue weighted by molar-refractivity contribution is -0.184. The summed E-state index contributed by atoms with van der Waals surface area (Å²) in [7, 11) is 0. The molecule has 0 radical (unpaired) electrons. The lowest BCUT2D eigenvalue weighted by Crippen LogP contribution is -2.57. The Hall–Kier alpha value is -0.810. The van der Waals surface area contributed by atoms with Crippen molar-refractivity contribution in [2.24, 2.45) is 5.73 Å². The Bertz CT molecular complexity index is 552. The van der Waals surface area contributed by atoms with E-state index in [-0.39, 0.29) is 24.3 Å². The summed E-state index contributed by atoms with van der Waals surface area (Å²) in [6.45, 7) is 0.711. The summed E-state index contributed by atoms with van der Waals surface area (Å²) in [6, 6.07) is 5.39. The van der Waals surface area contributed by atoms with Crippen LogP contribution in [0.5, 0.6) is 0 Å². The van der Waals surface area contributed by atoms with E-state index in [1.165, 1.54) is 0 Å². The van der Waals surface area contributed by atoms with Gasteiger partial charge >= 0.3 is 0 Å². The molecule has 4 nitrogen and oxygen atoms in total. The molecule has 1 aromatic carbocycles. The number of nitrogens with two attached hydrogens (primary N) is 1. The van der Waals surface area contributed by atoms with Crippen LogP contribution >= 0.6 is 23.2 Å². The molecule has 114 valence electrons. The molecule has 0 unspecified atom stereocenters. The summed E-state index contributed by atoms with van der Waals surface area (Å²) < 4.78 is 5.88. The van der Waals surface area contributed by atoms with Gasteiger partial charge in [-0.25, -0.2) is 0 Å². The van der Waals surface area contributed by atoms with E-state index in [0.717, 1.165) is 24.8 Å². The summed E-state index contributed by atoms with van der Waals surface area (Å²) in [5.74, 6) is 0.0623. The van der Waals surface area contributed by atoms with Crippen LogP contribution < -0.4 is 5.73 Å². The molecule has 2 aliphatic rings. The smallest absolute Gasteiger partial charge is 0.229 e. The van der Waals surface area contributed by atoms with Crippen molar-refractivity contribution in [2.75, 3.05) is 6.54 Å². The van der Waals surface area contributed by atoms with E-state index in [2.05, 4.69) is 0 Å². The van der Waals surface area contributed by atoms with E-state index in [4.69, 9.17) is 33.7 Å². The number of hydrogen-bond acceptors (Lipinski definition) is 3. The number of hydrogen-bond donors (Lipinski definition) is 1. The number of ether oxygens (including phenoxy) is 1. The van der Waals surface area contributed by atoms with E-state index in [9.17, 15) is 4.79 Å². The SMILES string of the molecule is N[C@@H]1CC[C@H]2O[C@@H]1CCN2C(=O)Cc1ccc(Cl)c(Cl)c1. The van der Waals surface area contributed by atoms with Crippen LogP contribution in [0, 0.1) is 0 Å². The van der Waals surface area contributed by atoms with Gasteiger partial charge in [0.25, 0.3) is 0 Å². The number of halogens is 2. The molecule has 2 bridgehead atoms. The van der Waals surface area contributed by atoms with Crippen LogP contribution in [0.3, 0.4) is 0 Å². The molecule has 6 heteroatoms. The minimum absolute atomic E-state index is 0.0623. The molecule has 1 amide bonds. The maximum Gasteiger partial charge on any atom is 0.229 e. The van der Waals surface area contributed by atoms with Crippen molar-refractivity contribution in [1.82, 2.24) is 4.90 Å². The zero-order valence-corrected chi connectivity index (χ0v) is 13.1. The van der Waals surface area contributed by atoms with Gasteiger partial charge in [-0.1, -0.05) is 29.3 Å². The second kappa shape index (κ2) is 6.13. The number of nitrogens with zero attached hydrogens (tertiary/aromatic N) is 1. The zero-order valence-electron chi connectivity index (χ0n) is 11.6. The molecule has 0 spiro atoms. The standard InChI is InChI=1S/C15H18Cl2N2O2/c16-10-2-1-9(7-11(10)17)8-14(20)19-6-5-13-12(18)3-4-15(19)21-13/h1-2,7,12-13,15H,3-6,8,18H2/t12-,13-,15-/m1/s1. The van der Waals surface area contributed by atoms with E-state index in [0.29, 0.717) is 23.0 Å². The van der Waals surface area contributed by atoms with Gasteiger partial charge in [-0.05, 0) is 37.0 Å². The third-order valence-corrected chi connectivity index (χ3v) is 4.96. The first kappa shape index (κ1) is 15.1. The summed E-state index contributed by atoms with van der Waals surface area (Å²) >= 11 is 11.9. The third kappa shape index (κ3) is 3.19. The predicted molar refractivity (Wildman–Crippen MR) is 82.4 cm³/mol. The number of fused-ring (bicyclic) bond motifs is 2. The van der Waals surface area contributed by atoms with E-state index >= 15 is 0 Å². The number of amides is 1. The van der Waals surface area contributed by atoms with Crippen LogP contribution in [0.1, 0.15) is 24.8 Å². The number of carbonyl (C=O) groups excluding carboxylic acids is 1. The summed E-state index contributed by atoms with van der Waals surface area (Å²) in [5.41, 5.74) is 6.87. The Labute approximate surface area is 134 Å². The number of benzene rings is 1. The van der Waals surface area contributed by atoms with Crippen LogP contribution in [0.2, 0.25) is 10.0 Å². The number of likely N-dealkylation sites (tertiary alicyclic amines) is 1. The van der Waals surface area contributed by atoms with Gasteiger partial charge < -0.3 is 15.4 Å². The average Bonchev–Trinajstić information content (AvgIpc) is 2.47. The van der Waals surface area contributed by atoms with Crippen LogP contribution in [-0.2, 0) is 16.0 Å². The molecule has 1 aromatic rings. The quantitative estimate of drug-likeness (QED) is 0.907. The van der Waals surface area contributed by atoms with Gasteiger partial charge in [0.15, 0.2) is 0 Å². The molecule has 2 aliphatic heterocycles. The van der Waals surface area contributed by atoms with Gasteiger partial charge in [-0.15, -0.1) is 0 Å². The molecule has 3 rings (SSSR count). The molecule has 0 saturated carbocycles. The molecule has 2 N–H and O–H groups in total. The highest BCUT2D eigenvalue weighted by Crippen LogP contribution is 2.29. The minimum atomic E-state index is -0.126. The highest BCUT2D eigenvalue weighted by Gasteiger charge is 2.38. The number of carbonyl (C=O) groups is 1. The van der Waals surface area contributed by atoms with Gasteiger partial charge in [-0.2, -0.15) is 0 Å². The summed E-state index contributed by atoms with van der Waals surface area (Å²) in [6.07, 6.45) is 2.81. The molecule has 2 saturated heterocycles. The van der Waals surface area contributed by atoms with Gasteiger partial charge in [0.1, 0.15) is 6.23 Å². The Morgan fingerprint density at radius 2 is 2.10 bits per heavy atom. The first-order valence-electron chi connectivity index (χ1n) is 7.19. The first-order valence-corrected chi connectivity index (χ1v) is 7.94. The maximum atomic E-state index is 12.5. The van der Waals surface area contributed by atoms with Crippen molar-refractivity contribution in [3.8, 4) is 0 Å². The molecular weight excluding hydrogens is 311 g/mol. The molecular formula is C15H18Cl2N2O2. The fourth-order valence-electron chi connectivity index (χ4n) is 3.02. The lowest BCUT2D eigenvalue weighted by Gasteiger charge is -2.45. The van der Waals surface area contributed by atoms with E-state index in [1.807, 2.05) is 11.0 Å². The monoisotopic (exact) mass is 328 g/mol. The van der Waals surface area contributed by atoms with Crippen molar-refractivity contribution in [3.63, 3.8) is 0 Å². The van der Waals surface area contributed by atoms with E-state index in [1.54, 1.807) is 12.1 Å². The fraction of sp³-hybridized carbons (Fsp3) is 0.533. The maximum absolute atomic E-state index is 12.5. The van der Waals surface area contributed by atoms with Crippen molar-refractivity contribution in [2.45, 2.75) is 44.1 Å². The van der Waals surface area contributed by atoms with Gasteiger partial charge in [0.05, 0.1) is 22.6 Å². The summed E-state index contributed by atoms with van der Waals surface area (Å²) in [5, 5.41) is 0.971. The highest BCUT2D eigenvalue weighted by atomic mass is 35.5. The van der Waals surface area contributed by atoms with Crippen molar-refractivity contribution >= 4 is 29.1 Å². The Morgan fingerprint density at radius 3 is 2.86 bits per heavy atom. The third-order valence-electron chi connectivity index (χ3n) is 4.22. The predicted octanol–water partition coefficient (Wildman–Crippen LogP) is 2.60. The van der Waals surface area contributed by atoms with Crippen molar-refractivity contribution in [1.29, 1.82) is 0 Å². The molecule has 21 heavy (non-hydrogen) atoms. The van der Waals surface area contributed by atoms with Gasteiger partial charge in [0.2, 0.25) is 5.91 Å². The Balaban J connectivity index is 1.67. The molecule has 3 atom stereocenters. The lowest BCUT2D eigenvalue weighted by atomic mass is 9.95. The zero-order chi connectivity index (χ0) is 15.0. The average molecular weight is 329 g/mol. The van der Waals surface area contributed by atoms with Gasteiger partial charge in [-0.3, -0.25) is 4.79 Å². The van der Waals surface area contributed by atoms with Crippen LogP contribution in [0.15, 0.2) is 18.2 Å². The highest BCUT2D eigenvalue weighted by molar-refractivity contribution is 6.42. The normalized spacial score (nSPS) is 28.5. The number of rotatable bonds is 2. The fourth-order valence-corrected chi connectivity index (χ4v) is 3.35. The van der Waals surface area contributed by atoms with Crippen molar-refractivity contribution < 1.29 is 9.53 Å². The van der Waals surface area contributed by atoms with Crippen molar-refractivity contribution in [3.05, 3.63) is 33.8 Å². The molecule has 2 fully saturated rings. The van der Waals surface area contributed by atoms with E-state index < -0.39 is 0 Å². The molecule has 2 heterocycles. The Kier molecular flexibility index (Phi) is 4.41. The second-order valence-electron chi connectivity index (χ2n) is 5.67. The first-order chi connectivity index (χ1) is 10.0. The minimum Gasteiger partial charge on any atom is -0.353 e. The molecule has 0 aromatic heterocycles.